The van der Waals surface area contributed by atoms with Crippen molar-refractivity contribution >= 4 is 28.5 Å². The fourth-order valence-electron chi connectivity index (χ4n) is 3.76. The Morgan fingerprint density at radius 2 is 2.06 bits per heavy atom. The summed E-state index contributed by atoms with van der Waals surface area (Å²) in [6.07, 6.45) is 0.265. The zero-order valence-electron chi connectivity index (χ0n) is 16.9. The van der Waals surface area contributed by atoms with Gasteiger partial charge in [-0.3, -0.25) is 4.79 Å². The number of anilines is 2. The number of piperidine rings is 1. The molecule has 1 atom stereocenters. The quantitative estimate of drug-likeness (QED) is 0.429. The summed E-state index contributed by atoms with van der Waals surface area (Å²) in [4.78, 5) is 25.9. The third-order valence-corrected chi connectivity index (χ3v) is 5.20. The standard InChI is InChI=1S/C23H22FN2O4.W/c1-14-9-15(12-25-19-7-3-2-6-17(19)23(28)29)22-18(10-14)20(27)11-21(30-22)26-8-4-5-16(24)13-26;/h2-3,6-7,9-12,16,25H,4-5,8,13H2,1H3,(H,28,29);/q-1;. The van der Waals surface area contributed by atoms with Gasteiger partial charge >= 0.3 is 5.97 Å². The molecule has 3 aromatic rings. The molecular formula is C23H22FN2O4W-. The average Bonchev–Trinajstić information content (AvgIpc) is 2.72. The monoisotopic (exact) mass is 593 g/mol. The summed E-state index contributed by atoms with van der Waals surface area (Å²) in [5.74, 6) is -0.695. The van der Waals surface area contributed by atoms with Gasteiger partial charge in [0.05, 0.1) is 12.1 Å². The van der Waals surface area contributed by atoms with Gasteiger partial charge in [0, 0.05) is 50.3 Å². The van der Waals surface area contributed by atoms with Crippen LogP contribution in [0.15, 0.2) is 51.7 Å². The first-order valence-electron chi connectivity index (χ1n) is 9.82. The van der Waals surface area contributed by atoms with E-state index >= 15 is 0 Å². The van der Waals surface area contributed by atoms with Gasteiger partial charge in [-0.1, -0.05) is 31.7 Å². The first kappa shape index (κ1) is 22.9. The molecule has 2 N–H and O–H groups in total. The molecule has 162 valence electrons. The number of hydrogen-bond donors (Lipinski definition) is 2. The number of rotatable bonds is 5. The van der Waals surface area contributed by atoms with Gasteiger partial charge < -0.3 is 19.7 Å². The molecule has 0 aliphatic carbocycles. The van der Waals surface area contributed by atoms with E-state index in [1.165, 1.54) is 12.1 Å². The van der Waals surface area contributed by atoms with Crippen molar-refractivity contribution in [1.82, 2.24) is 0 Å². The van der Waals surface area contributed by atoms with E-state index in [1.807, 2.05) is 13.0 Å². The van der Waals surface area contributed by atoms with Crippen LogP contribution in [0.5, 0.6) is 0 Å². The van der Waals surface area contributed by atoms with Gasteiger partial charge in [0.15, 0.2) is 11.3 Å². The van der Waals surface area contributed by atoms with Crippen molar-refractivity contribution in [2.75, 3.05) is 23.3 Å². The molecular weight excluding hydrogens is 571 g/mol. The molecule has 0 radical (unpaired) electrons. The first-order chi connectivity index (χ1) is 14.4. The maximum absolute atomic E-state index is 13.9. The second-order valence-corrected chi connectivity index (χ2v) is 7.50. The van der Waals surface area contributed by atoms with Gasteiger partial charge in [-0.05, 0) is 25.0 Å². The predicted molar refractivity (Wildman–Crippen MR) is 114 cm³/mol. The van der Waals surface area contributed by atoms with E-state index in [0.29, 0.717) is 47.5 Å². The van der Waals surface area contributed by atoms with Gasteiger partial charge in [0.25, 0.3) is 0 Å². The average molecular weight is 593 g/mol. The molecule has 0 bridgehead atoms. The van der Waals surface area contributed by atoms with E-state index in [9.17, 15) is 19.1 Å². The van der Waals surface area contributed by atoms with Crippen LogP contribution >= 0.6 is 0 Å². The van der Waals surface area contributed by atoms with E-state index in [2.05, 4.69) is 5.32 Å². The smallest absolute Gasteiger partial charge is 0.337 e. The third-order valence-electron chi connectivity index (χ3n) is 5.20. The summed E-state index contributed by atoms with van der Waals surface area (Å²) in [6, 6.07) is 11.6. The molecule has 0 saturated carbocycles. The SMILES string of the molecule is Cc1cc([CH-]Nc2ccccc2C(=O)O)c2oc(N3CCCC(F)C3)cc(=O)c2c1.[W]. The van der Waals surface area contributed by atoms with Crippen molar-refractivity contribution < 1.29 is 39.8 Å². The summed E-state index contributed by atoms with van der Waals surface area (Å²) in [6.45, 7) is 4.32. The minimum atomic E-state index is -1.04. The van der Waals surface area contributed by atoms with E-state index in [4.69, 9.17) is 4.42 Å². The molecule has 1 fully saturated rings. The van der Waals surface area contributed by atoms with E-state index in [1.54, 1.807) is 35.7 Å². The van der Waals surface area contributed by atoms with Crippen LogP contribution in [-0.2, 0) is 21.1 Å². The van der Waals surface area contributed by atoms with Crippen LogP contribution in [-0.4, -0.2) is 30.3 Å². The Morgan fingerprint density at radius 3 is 2.81 bits per heavy atom. The number of hydrogen-bond acceptors (Lipinski definition) is 5. The summed E-state index contributed by atoms with van der Waals surface area (Å²) in [5, 5.41) is 12.8. The number of nitrogens with zero attached hydrogens (tertiary/aromatic N) is 1. The van der Waals surface area contributed by atoms with Crippen molar-refractivity contribution in [3.63, 3.8) is 0 Å². The molecule has 8 heteroatoms. The van der Waals surface area contributed by atoms with Crippen LogP contribution in [0.3, 0.4) is 0 Å². The Labute approximate surface area is 193 Å². The molecule has 6 nitrogen and oxygen atoms in total. The van der Waals surface area contributed by atoms with E-state index in [-0.39, 0.29) is 38.6 Å². The molecule has 1 saturated heterocycles. The van der Waals surface area contributed by atoms with Crippen LogP contribution in [0.25, 0.3) is 11.0 Å². The minimum Gasteiger partial charge on any atom is -0.502 e. The fourth-order valence-corrected chi connectivity index (χ4v) is 3.76. The number of carboxylic acids is 1. The van der Waals surface area contributed by atoms with E-state index in [0.717, 1.165) is 5.56 Å². The van der Waals surface area contributed by atoms with Gasteiger partial charge in [-0.25, -0.2) is 9.18 Å². The van der Waals surface area contributed by atoms with Crippen molar-refractivity contribution in [3.05, 3.63) is 75.9 Å². The summed E-state index contributed by atoms with van der Waals surface area (Å²) < 4.78 is 19.9. The van der Waals surface area contributed by atoms with Gasteiger partial charge in [-0.2, -0.15) is 6.07 Å². The normalized spacial score (nSPS) is 15.9. The molecule has 31 heavy (non-hydrogen) atoms. The van der Waals surface area contributed by atoms with Gasteiger partial charge in [0.2, 0.25) is 0 Å². The number of alkyl halides is 1. The number of carboxylic acid groups (broad SMARTS) is 1. The number of para-hydroxylation sites is 1. The van der Waals surface area contributed by atoms with Gasteiger partial charge in [-0.15, -0.1) is 11.1 Å². The number of fused-ring (bicyclic) bond motifs is 1. The van der Waals surface area contributed by atoms with Gasteiger partial charge in [0.1, 0.15) is 6.17 Å². The van der Waals surface area contributed by atoms with Crippen molar-refractivity contribution in [3.8, 4) is 0 Å². The number of nitrogens with one attached hydrogen (secondary N) is 1. The molecule has 1 aliphatic heterocycles. The minimum absolute atomic E-state index is 0. The maximum Gasteiger partial charge on any atom is 0.337 e. The second kappa shape index (κ2) is 9.56. The first-order valence-corrected chi connectivity index (χ1v) is 9.82. The fraction of sp³-hybridized carbons (Fsp3) is 0.261. The molecule has 0 spiro atoms. The Hall–Kier alpha value is -2.79. The van der Waals surface area contributed by atoms with Crippen LogP contribution < -0.4 is 15.6 Å². The summed E-state index contributed by atoms with van der Waals surface area (Å²) >= 11 is 0. The van der Waals surface area contributed by atoms with Crippen LogP contribution in [0.4, 0.5) is 16.0 Å². The Morgan fingerprint density at radius 1 is 1.29 bits per heavy atom. The Balaban J connectivity index is 0.00000272. The second-order valence-electron chi connectivity index (χ2n) is 7.50. The van der Waals surface area contributed by atoms with Crippen LogP contribution in [0.2, 0.25) is 0 Å². The largest absolute Gasteiger partial charge is 0.502 e. The Kier molecular flexibility index (Phi) is 7.06. The van der Waals surface area contributed by atoms with Crippen molar-refractivity contribution in [2.24, 2.45) is 0 Å². The molecule has 2 aromatic carbocycles. The molecule has 1 unspecified atom stereocenters. The van der Waals surface area contributed by atoms with Crippen LogP contribution in [0.1, 0.15) is 34.3 Å². The number of aromatic carboxylic acids is 1. The number of benzene rings is 2. The number of aryl methyl sites for hydroxylation is 1. The zero-order valence-corrected chi connectivity index (χ0v) is 19.9. The molecule has 2 heterocycles. The molecule has 1 aromatic heterocycles. The van der Waals surface area contributed by atoms with E-state index < -0.39 is 12.1 Å². The zero-order chi connectivity index (χ0) is 21.3. The van der Waals surface area contributed by atoms with Crippen molar-refractivity contribution in [1.29, 1.82) is 0 Å². The number of halogens is 1. The Bertz CT molecular complexity index is 1160. The summed E-state index contributed by atoms with van der Waals surface area (Å²) in [7, 11) is 0. The topological polar surface area (TPSA) is 82.8 Å². The molecule has 0 amide bonds. The maximum atomic E-state index is 13.9. The molecule has 1 aliphatic rings. The summed E-state index contributed by atoms with van der Waals surface area (Å²) in [5.41, 5.74) is 2.22. The van der Waals surface area contributed by atoms with Crippen molar-refractivity contribution in [2.45, 2.75) is 25.9 Å². The number of carbonyl (C=O) groups is 1. The molecule has 4 rings (SSSR count). The third kappa shape index (κ3) is 4.93. The predicted octanol–water partition coefficient (Wildman–Crippen LogP) is 4.36. The van der Waals surface area contributed by atoms with Crippen LogP contribution in [0, 0.1) is 13.5 Å².